The van der Waals surface area contributed by atoms with Crippen LogP contribution in [0.3, 0.4) is 0 Å². The molecule has 0 aromatic carbocycles. The third-order valence-corrected chi connectivity index (χ3v) is 5.12. The molecule has 3 heterocycles. The Bertz CT molecular complexity index is 505. The summed E-state index contributed by atoms with van der Waals surface area (Å²) in [6.07, 6.45) is 4.46. The van der Waals surface area contributed by atoms with Gasteiger partial charge in [0.2, 0.25) is 5.91 Å². The Morgan fingerprint density at radius 3 is 2.48 bits per heavy atom. The Kier molecular flexibility index (Phi) is 4.31. The maximum atomic E-state index is 12.4. The minimum absolute atomic E-state index is 0.156. The Morgan fingerprint density at radius 1 is 1.26 bits per heavy atom. The molecule has 0 aliphatic carbocycles. The fourth-order valence-corrected chi connectivity index (χ4v) is 3.69. The lowest BCUT2D eigenvalue weighted by molar-refractivity contribution is -0.139. The van der Waals surface area contributed by atoms with Crippen molar-refractivity contribution in [3.8, 4) is 0 Å². The summed E-state index contributed by atoms with van der Waals surface area (Å²) in [5, 5.41) is 2.60. The van der Waals surface area contributed by atoms with E-state index in [2.05, 4.69) is 5.32 Å². The second-order valence-corrected chi connectivity index (χ2v) is 7.22. The average Bonchev–Trinajstić information content (AvgIpc) is 3.11. The first kappa shape index (κ1) is 16.2. The summed E-state index contributed by atoms with van der Waals surface area (Å²) in [4.78, 5) is 39.2. The van der Waals surface area contributed by atoms with Crippen LogP contribution in [0.2, 0.25) is 0 Å². The molecule has 0 spiro atoms. The normalized spacial score (nSPS) is 28.3. The van der Waals surface area contributed by atoms with Gasteiger partial charge in [0.05, 0.1) is 6.10 Å². The number of carbonyl (C=O) groups is 3. The molecule has 0 bridgehead atoms. The standard InChI is InChI=1S/C16H25N3O4/c1-16(2)14(21)19(15(22)17-16)10-13(20)18-7-5-11(6-8-18)12-4-3-9-23-12/h11-12H,3-10H2,1-2H3,(H,17,22). The fourth-order valence-electron chi connectivity index (χ4n) is 3.69. The lowest BCUT2D eigenvalue weighted by Gasteiger charge is -2.35. The second-order valence-electron chi connectivity index (χ2n) is 7.22. The number of carbonyl (C=O) groups excluding carboxylic acids is 3. The van der Waals surface area contributed by atoms with Gasteiger partial charge >= 0.3 is 6.03 Å². The van der Waals surface area contributed by atoms with Crippen LogP contribution in [0.1, 0.15) is 39.5 Å². The minimum atomic E-state index is -0.926. The SMILES string of the molecule is CC1(C)NC(=O)N(CC(=O)N2CCC(C3CCCO3)CC2)C1=O. The van der Waals surface area contributed by atoms with E-state index in [0.717, 1.165) is 37.2 Å². The van der Waals surface area contributed by atoms with E-state index < -0.39 is 11.6 Å². The van der Waals surface area contributed by atoms with Crippen LogP contribution in [-0.2, 0) is 14.3 Å². The van der Waals surface area contributed by atoms with Crippen molar-refractivity contribution in [2.45, 2.75) is 51.2 Å². The summed E-state index contributed by atoms with van der Waals surface area (Å²) >= 11 is 0. The molecule has 3 saturated heterocycles. The predicted octanol–water partition coefficient (Wildman–Crippen LogP) is 0.734. The van der Waals surface area contributed by atoms with Crippen LogP contribution in [0.25, 0.3) is 0 Å². The number of hydrogen-bond acceptors (Lipinski definition) is 4. The van der Waals surface area contributed by atoms with Gasteiger partial charge in [0.25, 0.3) is 5.91 Å². The third-order valence-electron chi connectivity index (χ3n) is 5.12. The van der Waals surface area contributed by atoms with E-state index in [1.165, 1.54) is 0 Å². The van der Waals surface area contributed by atoms with Gasteiger partial charge in [-0.15, -0.1) is 0 Å². The highest BCUT2D eigenvalue weighted by Gasteiger charge is 2.45. The van der Waals surface area contributed by atoms with Crippen molar-refractivity contribution in [3.05, 3.63) is 0 Å². The number of nitrogens with zero attached hydrogens (tertiary/aromatic N) is 2. The molecule has 7 nitrogen and oxygen atoms in total. The van der Waals surface area contributed by atoms with Crippen molar-refractivity contribution in [1.82, 2.24) is 15.1 Å². The van der Waals surface area contributed by atoms with Crippen molar-refractivity contribution < 1.29 is 19.1 Å². The maximum Gasteiger partial charge on any atom is 0.325 e. The van der Waals surface area contributed by atoms with Crippen LogP contribution in [0.15, 0.2) is 0 Å². The van der Waals surface area contributed by atoms with E-state index >= 15 is 0 Å². The Labute approximate surface area is 136 Å². The average molecular weight is 323 g/mol. The van der Waals surface area contributed by atoms with Gasteiger partial charge in [-0.05, 0) is 45.4 Å². The Balaban J connectivity index is 1.52. The maximum absolute atomic E-state index is 12.4. The number of nitrogens with one attached hydrogen (secondary N) is 1. The molecule has 3 rings (SSSR count). The molecule has 0 aromatic heterocycles. The molecule has 23 heavy (non-hydrogen) atoms. The van der Waals surface area contributed by atoms with Gasteiger partial charge in [0.1, 0.15) is 12.1 Å². The highest BCUT2D eigenvalue weighted by atomic mass is 16.5. The first-order valence-corrected chi connectivity index (χ1v) is 8.42. The van der Waals surface area contributed by atoms with Crippen molar-refractivity contribution in [3.63, 3.8) is 0 Å². The molecule has 0 saturated carbocycles. The molecule has 7 heteroatoms. The summed E-state index contributed by atoms with van der Waals surface area (Å²) in [6, 6.07) is -0.484. The van der Waals surface area contributed by atoms with Crippen LogP contribution in [0, 0.1) is 5.92 Å². The minimum Gasteiger partial charge on any atom is -0.378 e. The number of likely N-dealkylation sites (tertiary alicyclic amines) is 1. The molecule has 4 amide bonds. The van der Waals surface area contributed by atoms with E-state index in [-0.39, 0.29) is 18.4 Å². The van der Waals surface area contributed by atoms with Gasteiger partial charge < -0.3 is 15.0 Å². The largest absolute Gasteiger partial charge is 0.378 e. The third kappa shape index (κ3) is 3.20. The van der Waals surface area contributed by atoms with Gasteiger partial charge in [0.15, 0.2) is 0 Å². The van der Waals surface area contributed by atoms with Gasteiger partial charge in [-0.2, -0.15) is 0 Å². The van der Waals surface area contributed by atoms with Crippen LogP contribution in [0.5, 0.6) is 0 Å². The number of rotatable bonds is 3. The molecule has 1 atom stereocenters. The summed E-state index contributed by atoms with van der Waals surface area (Å²) in [6.45, 7) is 5.33. The smallest absolute Gasteiger partial charge is 0.325 e. The number of imide groups is 1. The van der Waals surface area contributed by atoms with E-state index in [1.54, 1.807) is 18.7 Å². The number of piperidine rings is 1. The summed E-state index contributed by atoms with van der Waals surface area (Å²) in [7, 11) is 0. The number of hydrogen-bond donors (Lipinski definition) is 1. The van der Waals surface area contributed by atoms with E-state index in [1.807, 2.05) is 0 Å². The highest BCUT2D eigenvalue weighted by molar-refractivity contribution is 6.08. The fraction of sp³-hybridized carbons (Fsp3) is 0.812. The quantitative estimate of drug-likeness (QED) is 0.777. The zero-order chi connectivity index (χ0) is 16.6. The monoisotopic (exact) mass is 323 g/mol. The summed E-state index contributed by atoms with van der Waals surface area (Å²) in [5.41, 5.74) is -0.926. The van der Waals surface area contributed by atoms with Crippen molar-refractivity contribution >= 4 is 17.8 Å². The molecule has 0 radical (unpaired) electrons. The van der Waals surface area contributed by atoms with Crippen molar-refractivity contribution in [2.24, 2.45) is 5.92 Å². The lowest BCUT2D eigenvalue weighted by Crippen LogP contribution is -2.47. The van der Waals surface area contributed by atoms with E-state index in [9.17, 15) is 14.4 Å². The molecule has 3 aliphatic heterocycles. The van der Waals surface area contributed by atoms with Crippen LogP contribution in [-0.4, -0.2) is 65.5 Å². The summed E-state index contributed by atoms with van der Waals surface area (Å²) in [5.74, 6) is 0.0271. The molecule has 1 unspecified atom stereocenters. The van der Waals surface area contributed by atoms with Gasteiger partial charge in [0, 0.05) is 19.7 Å². The Morgan fingerprint density at radius 2 is 1.96 bits per heavy atom. The lowest BCUT2D eigenvalue weighted by atomic mass is 9.90. The molecule has 128 valence electrons. The van der Waals surface area contributed by atoms with Crippen LogP contribution in [0.4, 0.5) is 4.79 Å². The molecule has 1 N–H and O–H groups in total. The topological polar surface area (TPSA) is 79.0 Å². The molecule has 0 aromatic rings. The predicted molar refractivity (Wildman–Crippen MR) is 82.6 cm³/mol. The number of ether oxygens (including phenoxy) is 1. The zero-order valence-corrected chi connectivity index (χ0v) is 13.8. The number of urea groups is 1. The molecule has 3 fully saturated rings. The zero-order valence-electron chi connectivity index (χ0n) is 13.8. The van der Waals surface area contributed by atoms with E-state index in [0.29, 0.717) is 25.1 Å². The van der Waals surface area contributed by atoms with Crippen LogP contribution < -0.4 is 5.32 Å². The van der Waals surface area contributed by atoms with Crippen molar-refractivity contribution in [2.75, 3.05) is 26.2 Å². The molecular weight excluding hydrogens is 298 g/mol. The number of amides is 4. The first-order chi connectivity index (χ1) is 10.9. The molecule has 3 aliphatic rings. The second kappa shape index (κ2) is 6.11. The van der Waals surface area contributed by atoms with Crippen LogP contribution >= 0.6 is 0 Å². The van der Waals surface area contributed by atoms with Gasteiger partial charge in [-0.25, -0.2) is 4.79 Å². The van der Waals surface area contributed by atoms with Crippen molar-refractivity contribution in [1.29, 1.82) is 0 Å². The molecular formula is C16H25N3O4. The summed E-state index contributed by atoms with van der Waals surface area (Å²) < 4.78 is 5.74. The first-order valence-electron chi connectivity index (χ1n) is 8.42. The Hall–Kier alpha value is -1.63. The highest BCUT2D eigenvalue weighted by Crippen LogP contribution is 2.29. The van der Waals surface area contributed by atoms with E-state index in [4.69, 9.17) is 4.74 Å². The van der Waals surface area contributed by atoms with Gasteiger partial charge in [-0.1, -0.05) is 0 Å². The van der Waals surface area contributed by atoms with Gasteiger partial charge in [-0.3, -0.25) is 14.5 Å².